The minimum Gasteiger partial charge on any atom is -0.309 e. The van der Waals surface area contributed by atoms with Crippen molar-refractivity contribution in [2.75, 3.05) is 0 Å². The molecule has 20 rings (SSSR count). The molecule has 0 saturated carbocycles. The minimum absolute atomic E-state index is 0.644. The van der Waals surface area contributed by atoms with Crippen LogP contribution < -0.4 is 0 Å². The topological polar surface area (TPSA) is 87.2 Å². The van der Waals surface area contributed by atoms with Gasteiger partial charge in [-0.05, 0) is 107 Å². The van der Waals surface area contributed by atoms with Gasteiger partial charge in [0.15, 0.2) is 34.9 Å². The van der Waals surface area contributed by atoms with Gasteiger partial charge in [0.25, 0.3) is 0 Å². The quantitative estimate of drug-likeness (QED) is 0.136. The summed E-state index contributed by atoms with van der Waals surface area (Å²) >= 11 is 3.72. The van der Waals surface area contributed by atoms with E-state index < -0.39 is 0 Å². The van der Waals surface area contributed by atoms with Crippen molar-refractivity contribution in [1.82, 2.24) is 39.0 Å². The molecular formula is C90H56N8S2. The van der Waals surface area contributed by atoms with Gasteiger partial charge in [-0.25, -0.2) is 29.9 Å². The summed E-state index contributed by atoms with van der Waals surface area (Å²) in [6.45, 7) is 0. The van der Waals surface area contributed by atoms with E-state index in [1.807, 2.05) is 144 Å². The van der Waals surface area contributed by atoms with E-state index >= 15 is 0 Å². The number of rotatable bonds is 10. The van der Waals surface area contributed by atoms with Crippen LogP contribution in [-0.2, 0) is 0 Å². The second-order valence-corrected chi connectivity index (χ2v) is 27.1. The zero-order valence-corrected chi connectivity index (χ0v) is 55.4. The normalized spacial score (nSPS) is 11.6. The Kier molecular flexibility index (Phi) is 14.4. The molecule has 6 heterocycles. The van der Waals surface area contributed by atoms with Gasteiger partial charge in [-0.3, -0.25) is 0 Å². The third-order valence-corrected chi connectivity index (χ3v) is 21.1. The summed E-state index contributed by atoms with van der Waals surface area (Å²) in [6, 6.07) is 119. The number of nitrogens with zero attached hydrogens (tertiary/aromatic N) is 8. The lowest BCUT2D eigenvalue weighted by atomic mass is 10.0. The molecule has 0 aliphatic rings. The first-order valence-corrected chi connectivity index (χ1v) is 35.0. The fraction of sp³-hybridized carbons (Fsp3) is 0. The fourth-order valence-corrected chi connectivity index (χ4v) is 16.4. The van der Waals surface area contributed by atoms with Crippen molar-refractivity contribution >= 4 is 107 Å². The third kappa shape index (κ3) is 10.5. The van der Waals surface area contributed by atoms with Crippen LogP contribution in [0.5, 0.6) is 0 Å². The molecule has 10 heteroatoms. The van der Waals surface area contributed by atoms with Crippen LogP contribution >= 0.6 is 22.7 Å². The van der Waals surface area contributed by atoms with E-state index in [1.54, 1.807) is 0 Å². The Morgan fingerprint density at radius 1 is 0.170 bits per heavy atom. The van der Waals surface area contributed by atoms with E-state index in [2.05, 4.69) is 228 Å². The van der Waals surface area contributed by atoms with Crippen molar-refractivity contribution in [3.05, 3.63) is 340 Å². The zero-order valence-electron chi connectivity index (χ0n) is 53.7. The van der Waals surface area contributed by atoms with Gasteiger partial charge >= 0.3 is 0 Å². The van der Waals surface area contributed by atoms with Crippen LogP contribution in [0.1, 0.15) is 0 Å². The number of hydrogen-bond donors (Lipinski definition) is 0. The molecule has 0 unspecified atom stereocenters. The molecule has 0 radical (unpaired) electrons. The highest BCUT2D eigenvalue weighted by atomic mass is 32.1. The minimum atomic E-state index is 0.644. The Balaban J connectivity index is 0.000000139. The highest BCUT2D eigenvalue weighted by Crippen LogP contribution is 2.44. The van der Waals surface area contributed by atoms with Crippen molar-refractivity contribution in [3.8, 4) is 102 Å². The third-order valence-electron chi connectivity index (χ3n) is 18.9. The number of aromatic nitrogens is 8. The molecular weight excluding hydrogens is 1260 g/mol. The van der Waals surface area contributed by atoms with Crippen LogP contribution in [0.2, 0.25) is 0 Å². The van der Waals surface area contributed by atoms with Gasteiger partial charge in [0.2, 0.25) is 0 Å². The van der Waals surface area contributed by atoms with E-state index in [9.17, 15) is 0 Å². The summed E-state index contributed by atoms with van der Waals surface area (Å²) in [4.78, 5) is 29.6. The summed E-state index contributed by atoms with van der Waals surface area (Å²) in [5, 5.41) is 10.3. The Hall–Kier alpha value is -12.9. The second kappa shape index (κ2) is 24.7. The van der Waals surface area contributed by atoms with Crippen molar-refractivity contribution in [1.29, 1.82) is 0 Å². The summed E-state index contributed by atoms with van der Waals surface area (Å²) < 4.78 is 10.1. The first-order chi connectivity index (χ1) is 49.5. The van der Waals surface area contributed by atoms with Crippen LogP contribution in [0.4, 0.5) is 0 Å². The molecule has 0 aliphatic heterocycles. The molecule has 0 aliphatic carbocycles. The molecule has 0 amide bonds. The van der Waals surface area contributed by atoms with Gasteiger partial charge in [-0.1, -0.05) is 255 Å². The summed E-state index contributed by atoms with van der Waals surface area (Å²) in [7, 11) is 0. The molecule has 100 heavy (non-hydrogen) atoms. The van der Waals surface area contributed by atoms with Crippen LogP contribution in [-0.4, -0.2) is 39.0 Å². The van der Waals surface area contributed by atoms with E-state index in [0.717, 1.165) is 67.0 Å². The molecule has 14 aromatic carbocycles. The van der Waals surface area contributed by atoms with Crippen LogP contribution in [0.3, 0.4) is 0 Å². The lowest BCUT2D eigenvalue weighted by molar-refractivity contribution is 1.07. The zero-order chi connectivity index (χ0) is 66.0. The molecule has 20 aromatic rings. The van der Waals surface area contributed by atoms with Gasteiger partial charge in [0, 0.05) is 107 Å². The predicted octanol–water partition coefficient (Wildman–Crippen LogP) is 24.0. The molecule has 0 fully saturated rings. The van der Waals surface area contributed by atoms with Gasteiger partial charge < -0.3 is 9.13 Å². The first-order valence-electron chi connectivity index (χ1n) is 33.4. The van der Waals surface area contributed by atoms with Crippen molar-refractivity contribution in [3.63, 3.8) is 0 Å². The second-order valence-electron chi connectivity index (χ2n) is 25.0. The lowest BCUT2D eigenvalue weighted by Crippen LogP contribution is -2.00. The van der Waals surface area contributed by atoms with E-state index in [0.29, 0.717) is 34.9 Å². The van der Waals surface area contributed by atoms with Crippen molar-refractivity contribution in [2.24, 2.45) is 0 Å². The Bertz CT molecular complexity index is 6400. The average molecular weight is 1310 g/mol. The highest BCUT2D eigenvalue weighted by Gasteiger charge is 2.21. The van der Waals surface area contributed by atoms with Crippen molar-refractivity contribution in [2.45, 2.75) is 0 Å². The first kappa shape index (κ1) is 58.5. The van der Waals surface area contributed by atoms with Crippen LogP contribution in [0.25, 0.3) is 186 Å². The van der Waals surface area contributed by atoms with Gasteiger partial charge in [-0.2, -0.15) is 0 Å². The maximum atomic E-state index is 4.98. The molecule has 8 nitrogen and oxygen atoms in total. The largest absolute Gasteiger partial charge is 0.309 e. The summed E-state index contributed by atoms with van der Waals surface area (Å²) in [5.41, 5.74) is 17.2. The average Bonchev–Trinajstić information content (AvgIpc) is 1.62. The lowest BCUT2D eigenvalue weighted by Gasteiger charge is -2.12. The maximum absolute atomic E-state index is 4.98. The summed E-state index contributed by atoms with van der Waals surface area (Å²) in [5.74, 6) is 3.91. The molecule has 0 bridgehead atoms. The number of hydrogen-bond acceptors (Lipinski definition) is 8. The number of para-hydroxylation sites is 2. The molecule has 0 saturated heterocycles. The Labute approximate surface area is 583 Å². The van der Waals surface area contributed by atoms with Gasteiger partial charge in [0.05, 0.1) is 22.1 Å². The fourth-order valence-electron chi connectivity index (χ4n) is 14.1. The van der Waals surface area contributed by atoms with E-state index in [4.69, 9.17) is 29.9 Å². The smallest absolute Gasteiger partial charge is 0.164 e. The maximum Gasteiger partial charge on any atom is 0.164 e. The number of benzene rings is 14. The monoisotopic (exact) mass is 1310 g/mol. The molecule has 6 aromatic heterocycles. The Morgan fingerprint density at radius 2 is 0.490 bits per heavy atom. The number of thiophene rings is 2. The van der Waals surface area contributed by atoms with Crippen molar-refractivity contribution < 1.29 is 0 Å². The summed E-state index contributed by atoms with van der Waals surface area (Å²) in [6.07, 6.45) is 0. The van der Waals surface area contributed by atoms with Crippen LogP contribution in [0.15, 0.2) is 340 Å². The molecule has 0 N–H and O–H groups in total. The molecule has 468 valence electrons. The van der Waals surface area contributed by atoms with E-state index in [-0.39, 0.29) is 0 Å². The highest BCUT2D eigenvalue weighted by molar-refractivity contribution is 7.26. The predicted molar refractivity (Wildman–Crippen MR) is 418 cm³/mol. The van der Waals surface area contributed by atoms with Gasteiger partial charge in [0.1, 0.15) is 0 Å². The molecule has 0 spiro atoms. The standard InChI is InChI=1S/2C45H28N4S/c1-3-13-29(14-4-1)43-46-44(30-15-5-2-6-16-30)48-45(47-43)33-19-11-17-31(25-33)32-18-12-20-34(26-32)49-39-23-9-7-21-35(39)37-27-38-36-22-8-10-24-41(36)50-42(38)28-40(37)49;1-3-12-30(13-4-1)43-46-44(31-14-5-2-6-15-31)48-45(47-43)33-17-11-16-32(26-33)29-22-24-34(25-23-29)49-39-20-9-7-18-35(39)37-27-38-36-19-8-10-21-41(36)50-42(38)28-40(37)49/h2*1-28H. The molecule has 0 atom stereocenters. The van der Waals surface area contributed by atoms with Crippen LogP contribution in [0, 0.1) is 0 Å². The SMILES string of the molecule is c1ccc(-c2nc(-c3ccccc3)nc(-c3cccc(-c4ccc(-n5c6ccccc6c6cc7c(cc65)sc5ccccc57)cc4)c3)n2)cc1.c1ccc(-c2nc(-c3ccccc3)nc(-c3cccc(-c4cccc(-n5c6ccccc6c6cc7c(cc65)sc5ccccc57)c4)c3)n2)cc1. The number of fused-ring (bicyclic) bond motifs is 12. The van der Waals surface area contributed by atoms with Gasteiger partial charge in [-0.15, -0.1) is 22.7 Å². The van der Waals surface area contributed by atoms with E-state index in [1.165, 1.54) is 84.0 Å². The Morgan fingerprint density at radius 3 is 0.920 bits per heavy atom.